The molecule has 1 saturated heterocycles. The van der Waals surface area contributed by atoms with E-state index in [1.807, 2.05) is 41.5 Å². The van der Waals surface area contributed by atoms with Gasteiger partial charge in [0, 0.05) is 13.1 Å². The maximum Gasteiger partial charge on any atom is 0.410 e. The van der Waals surface area contributed by atoms with Crippen LogP contribution in [0, 0.1) is 5.92 Å². The first-order chi connectivity index (χ1) is 8.98. The van der Waals surface area contributed by atoms with Gasteiger partial charge in [0.05, 0.1) is 5.92 Å². The summed E-state index contributed by atoms with van der Waals surface area (Å²) in [6.45, 7) is 12.2. The minimum absolute atomic E-state index is 0.118. The number of esters is 1. The molecule has 0 aliphatic carbocycles. The van der Waals surface area contributed by atoms with Gasteiger partial charge in [-0.3, -0.25) is 4.79 Å². The zero-order valence-corrected chi connectivity index (χ0v) is 13.5. The summed E-state index contributed by atoms with van der Waals surface area (Å²) in [6, 6.07) is 0. The van der Waals surface area contributed by atoms with Crippen LogP contribution in [-0.4, -0.2) is 41.3 Å². The van der Waals surface area contributed by atoms with Gasteiger partial charge >= 0.3 is 12.1 Å². The number of nitrogens with zero attached hydrogens (tertiary/aromatic N) is 1. The molecule has 116 valence electrons. The molecule has 0 radical (unpaired) electrons. The first kappa shape index (κ1) is 16.8. The third-order valence-electron chi connectivity index (χ3n) is 2.89. The van der Waals surface area contributed by atoms with Crippen molar-refractivity contribution in [2.24, 2.45) is 5.92 Å². The van der Waals surface area contributed by atoms with Crippen LogP contribution in [0.15, 0.2) is 0 Å². The standard InChI is InChI=1S/C15H27NO4/c1-14(2,3)19-12(17)11-7-9-16(10-8-11)13(18)20-15(4,5)6/h11H,7-10H2,1-6H3. The van der Waals surface area contributed by atoms with Crippen molar-refractivity contribution < 1.29 is 19.1 Å². The van der Waals surface area contributed by atoms with Crippen LogP contribution in [0.5, 0.6) is 0 Å². The lowest BCUT2D eigenvalue weighted by molar-refractivity contribution is -0.161. The SMILES string of the molecule is CC(C)(C)OC(=O)C1CCN(C(=O)OC(C)(C)C)CC1. The Balaban J connectivity index is 2.44. The van der Waals surface area contributed by atoms with Crippen LogP contribution in [-0.2, 0) is 14.3 Å². The fraction of sp³-hybridized carbons (Fsp3) is 0.867. The van der Waals surface area contributed by atoms with Crippen LogP contribution < -0.4 is 0 Å². The Kier molecular flexibility index (Phi) is 5.05. The van der Waals surface area contributed by atoms with Gasteiger partial charge in [-0.2, -0.15) is 0 Å². The lowest BCUT2D eigenvalue weighted by Crippen LogP contribution is -2.43. The first-order valence-corrected chi connectivity index (χ1v) is 7.19. The van der Waals surface area contributed by atoms with E-state index in [4.69, 9.17) is 9.47 Å². The van der Waals surface area contributed by atoms with Crippen molar-refractivity contribution in [2.45, 2.75) is 65.6 Å². The van der Waals surface area contributed by atoms with E-state index in [-0.39, 0.29) is 18.0 Å². The number of piperidine rings is 1. The molecule has 5 heteroatoms. The number of rotatable bonds is 1. The van der Waals surface area contributed by atoms with Gasteiger partial charge < -0.3 is 14.4 Å². The largest absolute Gasteiger partial charge is 0.460 e. The maximum absolute atomic E-state index is 12.0. The monoisotopic (exact) mass is 285 g/mol. The summed E-state index contributed by atoms with van der Waals surface area (Å²) in [5, 5.41) is 0. The summed E-state index contributed by atoms with van der Waals surface area (Å²) < 4.78 is 10.7. The Bertz CT molecular complexity index is 321. The molecule has 0 aromatic carbocycles. The lowest BCUT2D eigenvalue weighted by atomic mass is 9.97. The highest BCUT2D eigenvalue weighted by Crippen LogP contribution is 2.22. The molecule has 20 heavy (non-hydrogen) atoms. The molecule has 0 unspecified atom stereocenters. The van der Waals surface area contributed by atoms with Gasteiger partial charge in [0.25, 0.3) is 0 Å². The Labute approximate surface area is 121 Å². The van der Waals surface area contributed by atoms with Gasteiger partial charge in [-0.05, 0) is 54.4 Å². The molecule has 0 aromatic heterocycles. The number of carbonyl (C=O) groups is 2. The molecular weight excluding hydrogens is 258 g/mol. The minimum atomic E-state index is -0.487. The summed E-state index contributed by atoms with van der Waals surface area (Å²) in [5.74, 6) is -0.283. The highest BCUT2D eigenvalue weighted by molar-refractivity contribution is 5.74. The predicted molar refractivity (Wildman–Crippen MR) is 76.4 cm³/mol. The molecule has 1 aliphatic rings. The molecule has 1 rings (SSSR count). The number of hydrogen-bond acceptors (Lipinski definition) is 4. The van der Waals surface area contributed by atoms with Crippen LogP contribution in [0.4, 0.5) is 4.79 Å². The average Bonchev–Trinajstić information content (AvgIpc) is 2.24. The van der Waals surface area contributed by atoms with Crippen molar-refractivity contribution in [3.05, 3.63) is 0 Å². The summed E-state index contributed by atoms with van der Waals surface area (Å²) in [6.07, 6.45) is 0.961. The van der Waals surface area contributed by atoms with Crippen molar-refractivity contribution >= 4 is 12.1 Å². The molecule has 1 aliphatic heterocycles. The highest BCUT2D eigenvalue weighted by Gasteiger charge is 2.32. The second-order valence-electron chi connectivity index (χ2n) is 7.28. The van der Waals surface area contributed by atoms with Crippen LogP contribution in [0.1, 0.15) is 54.4 Å². The van der Waals surface area contributed by atoms with E-state index in [0.29, 0.717) is 25.9 Å². The molecule has 1 amide bonds. The van der Waals surface area contributed by atoms with Crippen molar-refractivity contribution in [1.82, 2.24) is 4.90 Å². The topological polar surface area (TPSA) is 55.8 Å². The van der Waals surface area contributed by atoms with Crippen molar-refractivity contribution in [2.75, 3.05) is 13.1 Å². The van der Waals surface area contributed by atoms with E-state index in [1.54, 1.807) is 4.90 Å². The number of carbonyl (C=O) groups excluding carboxylic acids is 2. The fourth-order valence-corrected chi connectivity index (χ4v) is 2.01. The van der Waals surface area contributed by atoms with E-state index in [9.17, 15) is 9.59 Å². The summed E-state index contributed by atoms with van der Waals surface area (Å²) in [5.41, 5.74) is -0.946. The number of likely N-dealkylation sites (tertiary alicyclic amines) is 1. The van der Waals surface area contributed by atoms with Crippen LogP contribution >= 0.6 is 0 Å². The molecule has 1 heterocycles. The second-order valence-corrected chi connectivity index (χ2v) is 7.28. The fourth-order valence-electron chi connectivity index (χ4n) is 2.01. The van der Waals surface area contributed by atoms with E-state index >= 15 is 0 Å². The van der Waals surface area contributed by atoms with Crippen molar-refractivity contribution in [3.8, 4) is 0 Å². The Morgan fingerprint density at radius 2 is 1.35 bits per heavy atom. The predicted octanol–water partition coefficient (Wildman–Crippen LogP) is 2.98. The number of hydrogen-bond donors (Lipinski definition) is 0. The third kappa shape index (κ3) is 5.80. The molecule has 0 N–H and O–H groups in total. The summed E-state index contributed by atoms with van der Waals surface area (Å²) in [4.78, 5) is 25.5. The molecule has 5 nitrogen and oxygen atoms in total. The van der Waals surface area contributed by atoms with Gasteiger partial charge in [0.2, 0.25) is 0 Å². The Morgan fingerprint density at radius 1 is 0.900 bits per heavy atom. The van der Waals surface area contributed by atoms with E-state index < -0.39 is 11.2 Å². The molecule has 0 saturated carbocycles. The zero-order valence-electron chi connectivity index (χ0n) is 13.5. The summed E-state index contributed by atoms with van der Waals surface area (Å²) >= 11 is 0. The van der Waals surface area contributed by atoms with E-state index in [1.165, 1.54) is 0 Å². The van der Waals surface area contributed by atoms with Crippen LogP contribution in [0.2, 0.25) is 0 Å². The van der Waals surface area contributed by atoms with Gasteiger partial charge in [0.15, 0.2) is 0 Å². The quantitative estimate of drug-likeness (QED) is 0.695. The summed E-state index contributed by atoms with van der Waals surface area (Å²) in [7, 11) is 0. The highest BCUT2D eigenvalue weighted by atomic mass is 16.6. The van der Waals surface area contributed by atoms with Crippen molar-refractivity contribution in [1.29, 1.82) is 0 Å². The van der Waals surface area contributed by atoms with E-state index in [2.05, 4.69) is 0 Å². The van der Waals surface area contributed by atoms with Gasteiger partial charge in [-0.1, -0.05) is 0 Å². The normalized spacial score (nSPS) is 17.8. The smallest absolute Gasteiger partial charge is 0.410 e. The van der Waals surface area contributed by atoms with E-state index in [0.717, 1.165) is 0 Å². The Hall–Kier alpha value is -1.26. The molecule has 0 spiro atoms. The molecule has 0 atom stereocenters. The molecule has 1 fully saturated rings. The van der Waals surface area contributed by atoms with Crippen LogP contribution in [0.25, 0.3) is 0 Å². The average molecular weight is 285 g/mol. The third-order valence-corrected chi connectivity index (χ3v) is 2.89. The van der Waals surface area contributed by atoms with Gasteiger partial charge in [-0.25, -0.2) is 4.79 Å². The number of amides is 1. The zero-order chi connectivity index (χ0) is 15.6. The maximum atomic E-state index is 12.0. The van der Waals surface area contributed by atoms with Gasteiger partial charge in [0.1, 0.15) is 11.2 Å². The Morgan fingerprint density at radius 3 is 1.75 bits per heavy atom. The molecule has 0 aromatic rings. The molecular formula is C15H27NO4. The second kappa shape index (κ2) is 6.02. The van der Waals surface area contributed by atoms with Gasteiger partial charge in [-0.15, -0.1) is 0 Å². The number of ether oxygens (including phenoxy) is 2. The lowest BCUT2D eigenvalue weighted by Gasteiger charge is -2.33. The van der Waals surface area contributed by atoms with Crippen molar-refractivity contribution in [3.63, 3.8) is 0 Å². The van der Waals surface area contributed by atoms with Crippen LogP contribution in [0.3, 0.4) is 0 Å². The first-order valence-electron chi connectivity index (χ1n) is 7.19. The minimum Gasteiger partial charge on any atom is -0.460 e. The molecule has 0 bridgehead atoms.